The molecular formula is C12H20O3S. The summed E-state index contributed by atoms with van der Waals surface area (Å²) in [5, 5.41) is 0.0744. The van der Waals surface area contributed by atoms with E-state index >= 15 is 0 Å². The summed E-state index contributed by atoms with van der Waals surface area (Å²) in [5.41, 5.74) is 0. The lowest BCUT2D eigenvalue weighted by Gasteiger charge is -2.14. The Bertz CT molecular complexity index is 284. The van der Waals surface area contributed by atoms with Crippen molar-refractivity contribution in [3.63, 3.8) is 0 Å². The van der Waals surface area contributed by atoms with E-state index in [1.54, 1.807) is 0 Å². The quantitative estimate of drug-likeness (QED) is 0.755. The first-order chi connectivity index (χ1) is 7.68. The Morgan fingerprint density at radius 3 is 2.56 bits per heavy atom. The average Bonchev–Trinajstić information content (AvgIpc) is 2.86. The van der Waals surface area contributed by atoms with Gasteiger partial charge in [-0.1, -0.05) is 12.8 Å². The molecule has 0 aromatic carbocycles. The van der Waals surface area contributed by atoms with E-state index in [0.29, 0.717) is 6.61 Å². The molecule has 3 atom stereocenters. The molecule has 0 aromatic rings. The minimum Gasteiger partial charge on any atom is -0.377 e. The molecule has 2 fully saturated rings. The molecule has 1 aliphatic heterocycles. The zero-order valence-electron chi connectivity index (χ0n) is 9.81. The van der Waals surface area contributed by atoms with Gasteiger partial charge in [0.25, 0.3) is 0 Å². The van der Waals surface area contributed by atoms with E-state index in [-0.39, 0.29) is 28.8 Å². The van der Waals surface area contributed by atoms with Gasteiger partial charge in [-0.25, -0.2) is 0 Å². The molecule has 3 unspecified atom stereocenters. The normalized spacial score (nSPS) is 33.1. The lowest BCUT2D eigenvalue weighted by atomic mass is 10.0. The fraction of sp³-hybridized carbons (Fsp3) is 0.917. The molecule has 2 rings (SSSR count). The Kier molecular flexibility index (Phi) is 4.14. The van der Waals surface area contributed by atoms with Crippen molar-refractivity contribution >= 4 is 16.6 Å². The summed E-state index contributed by atoms with van der Waals surface area (Å²) < 4.78 is 17.4. The number of rotatable bonds is 4. The standard InChI is InChI=1S/C12H20O3S/c1-9-12(6-7-15-9)16(14)8-11(13)10-4-2-3-5-10/h9-10,12H,2-8H2,1H3. The molecule has 1 saturated heterocycles. The largest absolute Gasteiger partial charge is 0.377 e. The van der Waals surface area contributed by atoms with Gasteiger partial charge in [0.1, 0.15) is 5.78 Å². The highest BCUT2D eigenvalue weighted by Crippen LogP contribution is 2.26. The van der Waals surface area contributed by atoms with Gasteiger partial charge in [-0.3, -0.25) is 9.00 Å². The van der Waals surface area contributed by atoms with Gasteiger partial charge >= 0.3 is 0 Å². The molecule has 0 aromatic heterocycles. The Hall–Kier alpha value is -0.220. The van der Waals surface area contributed by atoms with E-state index < -0.39 is 10.8 Å². The molecule has 0 bridgehead atoms. The summed E-state index contributed by atoms with van der Waals surface area (Å²) in [6.07, 6.45) is 5.22. The molecule has 0 amide bonds. The molecular weight excluding hydrogens is 224 g/mol. The minimum absolute atomic E-state index is 0.0530. The van der Waals surface area contributed by atoms with E-state index in [9.17, 15) is 9.00 Å². The molecule has 16 heavy (non-hydrogen) atoms. The predicted octanol–water partition coefficient (Wildman–Crippen LogP) is 1.67. The highest BCUT2D eigenvalue weighted by atomic mass is 32.2. The molecule has 3 nitrogen and oxygen atoms in total. The molecule has 0 radical (unpaired) electrons. The topological polar surface area (TPSA) is 43.4 Å². The maximum Gasteiger partial charge on any atom is 0.148 e. The van der Waals surface area contributed by atoms with Gasteiger partial charge in [-0.2, -0.15) is 0 Å². The number of carbonyl (C=O) groups is 1. The second-order valence-corrected chi connectivity index (χ2v) is 6.53. The van der Waals surface area contributed by atoms with Crippen molar-refractivity contribution in [2.45, 2.75) is 50.4 Å². The number of hydrogen-bond donors (Lipinski definition) is 0. The van der Waals surface area contributed by atoms with E-state index in [2.05, 4.69) is 0 Å². The van der Waals surface area contributed by atoms with E-state index in [4.69, 9.17) is 4.74 Å². The lowest BCUT2D eigenvalue weighted by Crippen LogP contribution is -2.29. The van der Waals surface area contributed by atoms with E-state index in [0.717, 1.165) is 32.1 Å². The van der Waals surface area contributed by atoms with Crippen LogP contribution in [0.25, 0.3) is 0 Å². The summed E-state index contributed by atoms with van der Waals surface area (Å²) in [7, 11) is -1.03. The molecule has 1 aliphatic carbocycles. The number of ketones is 1. The third-order valence-electron chi connectivity index (χ3n) is 3.74. The lowest BCUT2D eigenvalue weighted by molar-refractivity contribution is -0.120. The molecule has 4 heteroatoms. The van der Waals surface area contributed by atoms with Crippen molar-refractivity contribution in [2.75, 3.05) is 12.4 Å². The van der Waals surface area contributed by atoms with Crippen LogP contribution in [0.3, 0.4) is 0 Å². The maximum absolute atomic E-state index is 12.0. The van der Waals surface area contributed by atoms with Crippen LogP contribution in [0.5, 0.6) is 0 Å². The Labute approximate surface area is 99.4 Å². The second-order valence-electron chi connectivity index (χ2n) is 4.88. The van der Waals surface area contributed by atoms with E-state index in [1.165, 1.54) is 0 Å². The van der Waals surface area contributed by atoms with Crippen LogP contribution in [0.2, 0.25) is 0 Å². The Balaban J connectivity index is 1.84. The van der Waals surface area contributed by atoms with Gasteiger partial charge in [-0.05, 0) is 26.2 Å². The van der Waals surface area contributed by atoms with Crippen LogP contribution < -0.4 is 0 Å². The summed E-state index contributed by atoms with van der Waals surface area (Å²) in [5.74, 6) is 0.666. The smallest absolute Gasteiger partial charge is 0.148 e. The Morgan fingerprint density at radius 1 is 1.31 bits per heavy atom. The van der Waals surface area contributed by atoms with Crippen LogP contribution in [0.15, 0.2) is 0 Å². The van der Waals surface area contributed by atoms with Crippen molar-refractivity contribution in [3.8, 4) is 0 Å². The first-order valence-electron chi connectivity index (χ1n) is 6.20. The first-order valence-corrected chi connectivity index (χ1v) is 7.58. The zero-order valence-corrected chi connectivity index (χ0v) is 10.6. The molecule has 0 N–H and O–H groups in total. The van der Waals surface area contributed by atoms with Crippen LogP contribution in [0.1, 0.15) is 39.0 Å². The number of Topliss-reactive ketones (excluding diaryl/α,β-unsaturated/α-hetero) is 1. The number of hydrogen-bond acceptors (Lipinski definition) is 3. The monoisotopic (exact) mass is 244 g/mol. The van der Waals surface area contributed by atoms with Crippen LogP contribution in [0.4, 0.5) is 0 Å². The van der Waals surface area contributed by atoms with Crippen LogP contribution in [-0.4, -0.2) is 33.7 Å². The summed E-state index contributed by atoms with van der Waals surface area (Å²) in [6.45, 7) is 2.64. The van der Waals surface area contributed by atoms with Crippen LogP contribution in [0, 0.1) is 5.92 Å². The third kappa shape index (κ3) is 2.72. The number of ether oxygens (including phenoxy) is 1. The van der Waals surface area contributed by atoms with Crippen LogP contribution >= 0.6 is 0 Å². The van der Waals surface area contributed by atoms with Crippen molar-refractivity contribution in [2.24, 2.45) is 5.92 Å². The molecule has 0 spiro atoms. The summed E-state index contributed by atoms with van der Waals surface area (Å²) in [6, 6.07) is 0. The molecule has 2 aliphatic rings. The van der Waals surface area contributed by atoms with Crippen molar-refractivity contribution in [1.29, 1.82) is 0 Å². The summed E-state index contributed by atoms with van der Waals surface area (Å²) >= 11 is 0. The van der Waals surface area contributed by atoms with Crippen LogP contribution in [-0.2, 0) is 20.3 Å². The van der Waals surface area contributed by atoms with E-state index in [1.807, 2.05) is 6.92 Å². The predicted molar refractivity (Wildman–Crippen MR) is 63.8 cm³/mol. The first kappa shape index (κ1) is 12.2. The second kappa shape index (κ2) is 5.41. The van der Waals surface area contributed by atoms with Crippen molar-refractivity contribution in [1.82, 2.24) is 0 Å². The maximum atomic E-state index is 12.0. The van der Waals surface area contributed by atoms with Gasteiger partial charge in [-0.15, -0.1) is 0 Å². The highest BCUT2D eigenvalue weighted by Gasteiger charge is 2.32. The van der Waals surface area contributed by atoms with Gasteiger partial charge in [0.2, 0.25) is 0 Å². The average molecular weight is 244 g/mol. The highest BCUT2D eigenvalue weighted by molar-refractivity contribution is 7.86. The van der Waals surface area contributed by atoms with Gasteiger partial charge < -0.3 is 4.74 Å². The van der Waals surface area contributed by atoms with Gasteiger partial charge in [0.15, 0.2) is 0 Å². The number of carbonyl (C=O) groups excluding carboxylic acids is 1. The molecule has 1 saturated carbocycles. The molecule has 1 heterocycles. The fourth-order valence-corrected chi connectivity index (χ4v) is 4.27. The molecule has 92 valence electrons. The summed E-state index contributed by atoms with van der Waals surface area (Å²) in [4.78, 5) is 11.9. The van der Waals surface area contributed by atoms with Crippen molar-refractivity contribution < 1.29 is 13.7 Å². The zero-order chi connectivity index (χ0) is 11.5. The van der Waals surface area contributed by atoms with Crippen molar-refractivity contribution in [3.05, 3.63) is 0 Å². The van der Waals surface area contributed by atoms with Gasteiger partial charge in [0, 0.05) is 23.3 Å². The third-order valence-corrected chi connectivity index (χ3v) is 5.60. The van der Waals surface area contributed by atoms with Gasteiger partial charge in [0.05, 0.1) is 17.1 Å². The SMILES string of the molecule is CC1OCCC1S(=O)CC(=O)C1CCCC1. The minimum atomic E-state index is -1.03. The Morgan fingerprint density at radius 2 is 2.00 bits per heavy atom. The fourth-order valence-electron chi connectivity index (χ4n) is 2.67.